The summed E-state index contributed by atoms with van der Waals surface area (Å²) in [5, 5.41) is 0.485. The lowest BCUT2D eigenvalue weighted by Gasteiger charge is -2.14. The van der Waals surface area contributed by atoms with Crippen molar-refractivity contribution in [2.24, 2.45) is 0 Å². The van der Waals surface area contributed by atoms with Crippen LogP contribution < -0.4 is 4.74 Å². The average molecular weight is 484 g/mol. The van der Waals surface area contributed by atoms with Gasteiger partial charge in [-0.2, -0.15) is 0 Å². The van der Waals surface area contributed by atoms with Crippen molar-refractivity contribution in [3.63, 3.8) is 0 Å². The van der Waals surface area contributed by atoms with Gasteiger partial charge in [-0.3, -0.25) is 14.5 Å². The van der Waals surface area contributed by atoms with Crippen LogP contribution in [-0.2, 0) is 17.9 Å². The maximum atomic E-state index is 12.8. The summed E-state index contributed by atoms with van der Waals surface area (Å²) < 4.78 is 5.84. The van der Waals surface area contributed by atoms with Crippen molar-refractivity contribution in [2.45, 2.75) is 20.1 Å². The topological polar surface area (TPSA) is 46.6 Å². The number of hydrogen-bond donors (Lipinski definition) is 0. The van der Waals surface area contributed by atoms with E-state index >= 15 is 0 Å². The lowest BCUT2D eigenvalue weighted by atomic mass is 10.1. The Balaban J connectivity index is 1.43. The van der Waals surface area contributed by atoms with Crippen molar-refractivity contribution in [3.8, 4) is 5.75 Å². The molecule has 3 aromatic rings. The van der Waals surface area contributed by atoms with Crippen molar-refractivity contribution >= 4 is 52.2 Å². The molecule has 0 spiro atoms. The molecule has 0 radical (unpaired) electrons. The van der Waals surface area contributed by atoms with Crippen molar-refractivity contribution in [1.82, 2.24) is 4.90 Å². The molecule has 1 heterocycles. The van der Waals surface area contributed by atoms with Gasteiger partial charge in [0.25, 0.3) is 11.1 Å². The Morgan fingerprint density at radius 3 is 2.34 bits per heavy atom. The van der Waals surface area contributed by atoms with Crippen molar-refractivity contribution < 1.29 is 14.3 Å². The highest BCUT2D eigenvalue weighted by atomic mass is 35.5. The van der Waals surface area contributed by atoms with Gasteiger partial charge in [0.05, 0.1) is 11.4 Å². The zero-order chi connectivity index (χ0) is 22.7. The molecular formula is C25H19Cl2NO3S. The first-order valence-electron chi connectivity index (χ1n) is 9.87. The predicted molar refractivity (Wildman–Crippen MR) is 130 cm³/mol. The van der Waals surface area contributed by atoms with Crippen LogP contribution in [0.1, 0.15) is 22.3 Å². The number of aryl methyl sites for hydroxylation is 1. The molecule has 32 heavy (non-hydrogen) atoms. The summed E-state index contributed by atoms with van der Waals surface area (Å²) in [6, 6.07) is 20.6. The maximum absolute atomic E-state index is 12.8. The van der Waals surface area contributed by atoms with Gasteiger partial charge in [-0.05, 0) is 60.2 Å². The fourth-order valence-electron chi connectivity index (χ4n) is 3.26. The SMILES string of the molecule is Cc1cccc(COc2ccc(/C=C3\SC(=O)N(Cc4c(Cl)cccc4Cl)C3=O)cc2)c1. The van der Waals surface area contributed by atoms with Gasteiger partial charge in [0.15, 0.2) is 0 Å². The van der Waals surface area contributed by atoms with Gasteiger partial charge in [0.2, 0.25) is 0 Å². The van der Waals surface area contributed by atoms with E-state index in [1.807, 2.05) is 49.4 Å². The largest absolute Gasteiger partial charge is 0.489 e. The number of amides is 2. The summed E-state index contributed by atoms with van der Waals surface area (Å²) in [4.78, 5) is 26.7. The van der Waals surface area contributed by atoms with Crippen LogP contribution in [0.15, 0.2) is 71.6 Å². The van der Waals surface area contributed by atoms with Crippen LogP contribution >= 0.6 is 35.0 Å². The molecule has 0 aliphatic carbocycles. The van der Waals surface area contributed by atoms with E-state index in [1.165, 1.54) is 5.56 Å². The van der Waals surface area contributed by atoms with Gasteiger partial charge in [0, 0.05) is 15.6 Å². The van der Waals surface area contributed by atoms with E-state index in [-0.39, 0.29) is 17.7 Å². The summed E-state index contributed by atoms with van der Waals surface area (Å²) in [7, 11) is 0. The second-order valence-electron chi connectivity index (χ2n) is 7.31. The molecular weight excluding hydrogens is 465 g/mol. The van der Waals surface area contributed by atoms with Crippen LogP contribution in [0.25, 0.3) is 6.08 Å². The minimum atomic E-state index is -0.365. The predicted octanol–water partition coefficient (Wildman–Crippen LogP) is 7.12. The quantitative estimate of drug-likeness (QED) is 0.350. The zero-order valence-electron chi connectivity index (χ0n) is 17.2. The summed E-state index contributed by atoms with van der Waals surface area (Å²) in [5.41, 5.74) is 3.64. The Bertz CT molecular complexity index is 1190. The van der Waals surface area contributed by atoms with Gasteiger partial charge in [-0.1, -0.05) is 71.2 Å². The maximum Gasteiger partial charge on any atom is 0.293 e. The lowest BCUT2D eigenvalue weighted by molar-refractivity contribution is -0.123. The first-order chi connectivity index (χ1) is 15.4. The van der Waals surface area contributed by atoms with Crippen molar-refractivity contribution in [3.05, 3.63) is 104 Å². The Morgan fingerprint density at radius 2 is 1.66 bits per heavy atom. The standard InChI is InChI=1S/C25H19Cl2NO3S/c1-16-4-2-5-18(12-16)15-31-19-10-8-17(9-11-19)13-23-24(29)28(25(30)32-23)14-20-21(26)6-3-7-22(20)27/h2-13H,14-15H2,1H3/b23-13-. The molecule has 1 aliphatic heterocycles. The van der Waals surface area contributed by atoms with Crippen molar-refractivity contribution in [2.75, 3.05) is 0 Å². The van der Waals surface area contributed by atoms with Crippen LogP contribution in [-0.4, -0.2) is 16.0 Å². The summed E-state index contributed by atoms with van der Waals surface area (Å²) in [5.74, 6) is 0.362. The zero-order valence-corrected chi connectivity index (χ0v) is 19.5. The van der Waals surface area contributed by atoms with Gasteiger partial charge in [-0.15, -0.1) is 0 Å². The van der Waals surface area contributed by atoms with E-state index in [4.69, 9.17) is 27.9 Å². The summed E-state index contributed by atoms with van der Waals surface area (Å²) >= 11 is 13.3. The first kappa shape index (κ1) is 22.5. The molecule has 0 N–H and O–H groups in total. The van der Waals surface area contributed by atoms with E-state index in [2.05, 4.69) is 6.07 Å². The molecule has 2 amide bonds. The molecule has 1 aliphatic rings. The van der Waals surface area contributed by atoms with Crippen LogP contribution in [0.4, 0.5) is 4.79 Å². The highest BCUT2D eigenvalue weighted by Crippen LogP contribution is 2.35. The van der Waals surface area contributed by atoms with E-state index in [0.29, 0.717) is 27.1 Å². The second-order valence-corrected chi connectivity index (χ2v) is 9.12. The number of benzene rings is 3. The smallest absolute Gasteiger partial charge is 0.293 e. The molecule has 1 saturated heterocycles. The number of thioether (sulfide) groups is 1. The minimum Gasteiger partial charge on any atom is -0.489 e. The number of ether oxygens (including phenoxy) is 1. The molecule has 4 rings (SSSR count). The number of carbonyl (C=O) groups is 2. The molecule has 0 bridgehead atoms. The Morgan fingerprint density at radius 1 is 0.969 bits per heavy atom. The number of carbonyl (C=O) groups excluding carboxylic acids is 2. The molecule has 162 valence electrons. The monoisotopic (exact) mass is 483 g/mol. The third-order valence-electron chi connectivity index (χ3n) is 4.92. The fraction of sp³-hybridized carbons (Fsp3) is 0.120. The van der Waals surface area contributed by atoms with E-state index in [9.17, 15) is 9.59 Å². The highest BCUT2D eigenvalue weighted by Gasteiger charge is 2.35. The van der Waals surface area contributed by atoms with Gasteiger partial charge in [0.1, 0.15) is 12.4 Å². The highest BCUT2D eigenvalue weighted by molar-refractivity contribution is 8.18. The van der Waals surface area contributed by atoms with Gasteiger partial charge in [-0.25, -0.2) is 0 Å². The van der Waals surface area contributed by atoms with Crippen LogP contribution in [0.5, 0.6) is 5.75 Å². The molecule has 7 heteroatoms. The van der Waals surface area contributed by atoms with E-state index < -0.39 is 0 Å². The molecule has 0 unspecified atom stereocenters. The molecule has 0 atom stereocenters. The fourth-order valence-corrected chi connectivity index (χ4v) is 4.61. The van der Waals surface area contributed by atoms with Gasteiger partial charge >= 0.3 is 0 Å². The normalized spacial score (nSPS) is 15.0. The summed E-state index contributed by atoms with van der Waals surface area (Å²) in [6.45, 7) is 2.56. The third-order valence-corrected chi connectivity index (χ3v) is 6.53. The number of rotatable bonds is 6. The van der Waals surface area contributed by atoms with Crippen LogP contribution in [0.2, 0.25) is 10.0 Å². The molecule has 4 nitrogen and oxygen atoms in total. The number of imide groups is 1. The molecule has 0 saturated carbocycles. The Kier molecular flexibility index (Phi) is 6.89. The minimum absolute atomic E-state index is 0.0340. The lowest BCUT2D eigenvalue weighted by Crippen LogP contribution is -2.27. The average Bonchev–Trinajstić information content (AvgIpc) is 3.03. The van der Waals surface area contributed by atoms with Crippen LogP contribution in [0.3, 0.4) is 0 Å². The number of halogens is 2. The molecule has 3 aromatic carbocycles. The van der Waals surface area contributed by atoms with E-state index in [0.717, 1.165) is 33.5 Å². The third kappa shape index (κ3) is 5.18. The number of nitrogens with zero attached hydrogens (tertiary/aromatic N) is 1. The van der Waals surface area contributed by atoms with Crippen molar-refractivity contribution in [1.29, 1.82) is 0 Å². The van der Waals surface area contributed by atoms with E-state index in [1.54, 1.807) is 24.3 Å². The Labute approximate surface area is 200 Å². The first-order valence-corrected chi connectivity index (χ1v) is 11.4. The van der Waals surface area contributed by atoms with Gasteiger partial charge < -0.3 is 4.74 Å². The molecule has 0 aromatic heterocycles. The number of hydrogen-bond acceptors (Lipinski definition) is 4. The Hall–Kier alpha value is -2.73. The molecule has 1 fully saturated rings. The summed E-state index contributed by atoms with van der Waals surface area (Å²) in [6.07, 6.45) is 1.70. The second kappa shape index (κ2) is 9.82. The van der Waals surface area contributed by atoms with Crippen LogP contribution in [0, 0.1) is 6.92 Å².